The number of nitrogens with zero attached hydrogens (tertiary/aromatic N) is 1. The van der Waals surface area contributed by atoms with Crippen molar-refractivity contribution in [2.24, 2.45) is 4.99 Å². The fourth-order valence-electron chi connectivity index (χ4n) is 3.13. The van der Waals surface area contributed by atoms with Gasteiger partial charge in [0.1, 0.15) is 18.5 Å². The van der Waals surface area contributed by atoms with E-state index in [1.54, 1.807) is 6.07 Å². The van der Waals surface area contributed by atoms with E-state index in [4.69, 9.17) is 16.3 Å². The SMILES string of the molecule is Fc1cccc(Cl)c1C1=NC(c2ccc(-c3ccc(C(F)(F)F)cc3)cc2)CO1. The van der Waals surface area contributed by atoms with Crippen LogP contribution in [0.5, 0.6) is 0 Å². The molecule has 1 atom stereocenters. The zero-order valence-electron chi connectivity index (χ0n) is 14.9. The van der Waals surface area contributed by atoms with Crippen LogP contribution in [-0.4, -0.2) is 12.5 Å². The van der Waals surface area contributed by atoms with Crippen molar-refractivity contribution in [3.05, 3.63) is 94.3 Å². The lowest BCUT2D eigenvalue weighted by atomic mass is 10.0. The van der Waals surface area contributed by atoms with E-state index in [-0.39, 0.29) is 29.1 Å². The van der Waals surface area contributed by atoms with Crippen molar-refractivity contribution in [3.63, 3.8) is 0 Å². The highest BCUT2D eigenvalue weighted by Crippen LogP contribution is 2.33. The van der Waals surface area contributed by atoms with Gasteiger partial charge in [-0.05, 0) is 41.0 Å². The molecule has 0 spiro atoms. The Labute approximate surface area is 169 Å². The molecule has 4 rings (SSSR count). The van der Waals surface area contributed by atoms with Crippen LogP contribution in [0.3, 0.4) is 0 Å². The van der Waals surface area contributed by atoms with Crippen LogP contribution in [0.2, 0.25) is 5.02 Å². The topological polar surface area (TPSA) is 21.6 Å². The standard InChI is InChI=1S/C22H14ClF4NO/c23-17-2-1-3-18(24)20(17)21-28-19(12-29-21)15-6-4-13(5-7-15)14-8-10-16(11-9-14)22(25,26)27/h1-11,19H,12H2. The molecule has 3 aromatic carbocycles. The third kappa shape index (κ3) is 3.98. The number of aliphatic imine (C=N–C) groups is 1. The lowest BCUT2D eigenvalue weighted by Gasteiger charge is -2.09. The third-order valence-corrected chi connectivity index (χ3v) is 4.98. The maximum Gasteiger partial charge on any atom is 0.416 e. The second kappa shape index (κ2) is 7.52. The first-order valence-electron chi connectivity index (χ1n) is 8.75. The van der Waals surface area contributed by atoms with Gasteiger partial charge >= 0.3 is 6.18 Å². The molecule has 1 aliphatic rings. The van der Waals surface area contributed by atoms with E-state index in [2.05, 4.69) is 4.99 Å². The summed E-state index contributed by atoms with van der Waals surface area (Å²) in [5.74, 6) is -0.348. The fraction of sp³-hybridized carbons (Fsp3) is 0.136. The van der Waals surface area contributed by atoms with E-state index in [0.29, 0.717) is 5.56 Å². The van der Waals surface area contributed by atoms with Gasteiger partial charge in [-0.25, -0.2) is 9.38 Å². The first kappa shape index (κ1) is 19.5. The summed E-state index contributed by atoms with van der Waals surface area (Å²) in [6.45, 7) is 0.250. The van der Waals surface area contributed by atoms with E-state index < -0.39 is 17.6 Å². The van der Waals surface area contributed by atoms with Crippen molar-refractivity contribution < 1.29 is 22.3 Å². The number of hydrogen-bond donors (Lipinski definition) is 0. The molecule has 3 aromatic rings. The quantitative estimate of drug-likeness (QED) is 0.434. The van der Waals surface area contributed by atoms with Gasteiger partial charge in [-0.3, -0.25) is 0 Å². The van der Waals surface area contributed by atoms with Gasteiger partial charge in [0.25, 0.3) is 0 Å². The Bertz CT molecular complexity index is 1040. The average molecular weight is 420 g/mol. The van der Waals surface area contributed by atoms with E-state index in [9.17, 15) is 17.6 Å². The maximum atomic E-state index is 14.1. The second-order valence-corrected chi connectivity index (χ2v) is 6.96. The van der Waals surface area contributed by atoms with Gasteiger partial charge in [-0.2, -0.15) is 13.2 Å². The smallest absolute Gasteiger partial charge is 0.416 e. The Morgan fingerprint density at radius 1 is 0.897 bits per heavy atom. The van der Waals surface area contributed by atoms with Gasteiger partial charge in [0.2, 0.25) is 5.90 Å². The van der Waals surface area contributed by atoms with E-state index in [1.807, 2.05) is 24.3 Å². The molecule has 0 N–H and O–H groups in total. The summed E-state index contributed by atoms with van der Waals surface area (Å²) in [6, 6.07) is 16.3. The van der Waals surface area contributed by atoms with Crippen molar-refractivity contribution in [1.82, 2.24) is 0 Å². The van der Waals surface area contributed by atoms with Crippen LogP contribution >= 0.6 is 11.6 Å². The molecular weight excluding hydrogens is 406 g/mol. The predicted molar refractivity (Wildman–Crippen MR) is 104 cm³/mol. The molecule has 0 saturated heterocycles. The number of rotatable bonds is 3. The molecule has 0 radical (unpaired) electrons. The molecule has 7 heteroatoms. The molecule has 2 nitrogen and oxygen atoms in total. The largest absolute Gasteiger partial charge is 0.475 e. The summed E-state index contributed by atoms with van der Waals surface area (Å²) in [7, 11) is 0. The molecular formula is C22H14ClF4NO. The van der Waals surface area contributed by atoms with Crippen LogP contribution in [0, 0.1) is 5.82 Å². The first-order valence-corrected chi connectivity index (χ1v) is 9.13. The summed E-state index contributed by atoms with van der Waals surface area (Å²) >= 11 is 6.06. The minimum absolute atomic E-state index is 0.137. The highest BCUT2D eigenvalue weighted by atomic mass is 35.5. The Morgan fingerprint density at radius 2 is 1.52 bits per heavy atom. The Balaban J connectivity index is 1.55. The Morgan fingerprint density at radius 3 is 2.10 bits per heavy atom. The van der Waals surface area contributed by atoms with E-state index in [1.165, 1.54) is 24.3 Å². The molecule has 29 heavy (non-hydrogen) atoms. The van der Waals surface area contributed by atoms with E-state index in [0.717, 1.165) is 23.3 Å². The lowest BCUT2D eigenvalue weighted by Crippen LogP contribution is -2.05. The van der Waals surface area contributed by atoms with Gasteiger partial charge in [0.05, 0.1) is 16.1 Å². The molecule has 1 heterocycles. The molecule has 1 aliphatic heterocycles. The van der Waals surface area contributed by atoms with Crippen molar-refractivity contribution in [2.75, 3.05) is 6.61 Å². The zero-order valence-corrected chi connectivity index (χ0v) is 15.6. The van der Waals surface area contributed by atoms with Crippen LogP contribution < -0.4 is 0 Å². The van der Waals surface area contributed by atoms with Gasteiger partial charge in [-0.1, -0.05) is 54.1 Å². The van der Waals surface area contributed by atoms with Gasteiger partial charge in [0.15, 0.2) is 0 Å². The van der Waals surface area contributed by atoms with Gasteiger partial charge in [-0.15, -0.1) is 0 Å². The van der Waals surface area contributed by atoms with Crippen molar-refractivity contribution in [3.8, 4) is 11.1 Å². The minimum atomic E-state index is -4.36. The van der Waals surface area contributed by atoms with Gasteiger partial charge < -0.3 is 4.74 Å². The summed E-state index contributed by atoms with van der Waals surface area (Å²) < 4.78 is 57.7. The number of alkyl halides is 3. The molecule has 0 fully saturated rings. The lowest BCUT2D eigenvalue weighted by molar-refractivity contribution is -0.137. The van der Waals surface area contributed by atoms with Crippen LogP contribution in [0.1, 0.15) is 22.7 Å². The van der Waals surface area contributed by atoms with Crippen LogP contribution in [-0.2, 0) is 10.9 Å². The summed E-state index contributed by atoms with van der Waals surface area (Å²) in [4.78, 5) is 4.44. The predicted octanol–water partition coefficient (Wildman–Crippen LogP) is 6.68. The normalized spacial score (nSPS) is 16.4. The monoisotopic (exact) mass is 419 g/mol. The highest BCUT2D eigenvalue weighted by molar-refractivity contribution is 6.33. The van der Waals surface area contributed by atoms with Crippen molar-refractivity contribution in [1.29, 1.82) is 0 Å². The number of ether oxygens (including phenoxy) is 1. The van der Waals surface area contributed by atoms with Crippen LogP contribution in [0.25, 0.3) is 11.1 Å². The Hall–Kier alpha value is -2.86. The summed E-state index contributed by atoms with van der Waals surface area (Å²) in [6.07, 6.45) is -4.36. The average Bonchev–Trinajstić information content (AvgIpc) is 3.17. The Kier molecular flexibility index (Phi) is 5.04. The van der Waals surface area contributed by atoms with Gasteiger partial charge in [0, 0.05) is 0 Å². The molecule has 148 valence electrons. The maximum absolute atomic E-state index is 14.1. The second-order valence-electron chi connectivity index (χ2n) is 6.55. The number of benzene rings is 3. The first-order chi connectivity index (χ1) is 13.8. The summed E-state index contributed by atoms with van der Waals surface area (Å²) in [5, 5.41) is 0.224. The molecule has 0 aliphatic carbocycles. The van der Waals surface area contributed by atoms with Crippen LogP contribution in [0.4, 0.5) is 17.6 Å². The highest BCUT2D eigenvalue weighted by Gasteiger charge is 2.30. The zero-order chi connectivity index (χ0) is 20.6. The van der Waals surface area contributed by atoms with E-state index >= 15 is 0 Å². The number of halogens is 5. The van der Waals surface area contributed by atoms with Crippen molar-refractivity contribution in [2.45, 2.75) is 12.2 Å². The summed E-state index contributed by atoms with van der Waals surface area (Å²) in [5.41, 5.74) is 1.76. The third-order valence-electron chi connectivity index (χ3n) is 4.67. The number of hydrogen-bond acceptors (Lipinski definition) is 2. The molecule has 0 aromatic heterocycles. The fourth-order valence-corrected chi connectivity index (χ4v) is 3.38. The molecule has 1 unspecified atom stereocenters. The van der Waals surface area contributed by atoms with Crippen molar-refractivity contribution >= 4 is 17.5 Å². The molecule has 0 saturated carbocycles. The molecule has 0 amide bonds. The van der Waals surface area contributed by atoms with Crippen LogP contribution in [0.15, 0.2) is 71.7 Å². The molecule has 0 bridgehead atoms. The minimum Gasteiger partial charge on any atom is -0.475 e.